The molecule has 6 heteroatoms. The maximum atomic E-state index is 12.5. The number of benzene rings is 2. The van der Waals surface area contributed by atoms with Crippen LogP contribution in [0.5, 0.6) is 5.75 Å². The van der Waals surface area contributed by atoms with E-state index in [0.29, 0.717) is 13.2 Å². The van der Waals surface area contributed by atoms with Crippen molar-refractivity contribution < 1.29 is 19.1 Å². The molecule has 0 aromatic heterocycles. The third kappa shape index (κ3) is 6.95. The van der Waals surface area contributed by atoms with Crippen LogP contribution in [0, 0.1) is 5.92 Å². The number of carbonyl (C=O) groups is 2. The summed E-state index contributed by atoms with van der Waals surface area (Å²) in [5.41, 5.74) is 1.97. The van der Waals surface area contributed by atoms with Gasteiger partial charge in [0, 0.05) is 6.54 Å². The predicted molar refractivity (Wildman–Crippen MR) is 108 cm³/mol. The van der Waals surface area contributed by atoms with Gasteiger partial charge in [-0.1, -0.05) is 56.3 Å². The van der Waals surface area contributed by atoms with Crippen LogP contribution < -0.4 is 15.4 Å². The van der Waals surface area contributed by atoms with Crippen LogP contribution in [0.25, 0.3) is 0 Å². The molecule has 2 rings (SSSR count). The fourth-order valence-corrected chi connectivity index (χ4v) is 2.65. The second-order valence-corrected chi connectivity index (χ2v) is 6.73. The summed E-state index contributed by atoms with van der Waals surface area (Å²) in [6, 6.07) is 16.8. The van der Waals surface area contributed by atoms with Crippen LogP contribution in [0.2, 0.25) is 0 Å². The van der Waals surface area contributed by atoms with E-state index in [1.165, 1.54) is 0 Å². The number of para-hydroxylation sites is 1. The largest absolute Gasteiger partial charge is 0.489 e. The van der Waals surface area contributed by atoms with Crippen LogP contribution >= 0.6 is 0 Å². The number of hydrogen-bond donors (Lipinski definition) is 2. The number of alkyl carbamates (subject to hydrolysis) is 1. The summed E-state index contributed by atoms with van der Waals surface area (Å²) in [5, 5.41) is 5.49. The van der Waals surface area contributed by atoms with Gasteiger partial charge in [-0.05, 0) is 36.1 Å². The molecule has 0 saturated carbocycles. The normalized spacial score (nSPS) is 11.6. The molecule has 2 aromatic rings. The Balaban J connectivity index is 1.90. The standard InChI is InChI=1S/C22H28N2O4/c1-4-27-22(26)24-20(16(2)3)21(25)23-14-17-9-8-10-18(13-17)15-28-19-11-6-5-7-12-19/h5-13,16,20H,4,14-15H2,1-3H3,(H,23,25)(H,24,26). The molecule has 0 aliphatic carbocycles. The Morgan fingerprint density at radius 1 is 1.00 bits per heavy atom. The van der Waals surface area contributed by atoms with Gasteiger partial charge in [0.15, 0.2) is 0 Å². The summed E-state index contributed by atoms with van der Waals surface area (Å²) < 4.78 is 10.6. The average Bonchev–Trinajstić information content (AvgIpc) is 2.70. The van der Waals surface area contributed by atoms with E-state index in [2.05, 4.69) is 10.6 Å². The summed E-state index contributed by atoms with van der Waals surface area (Å²) >= 11 is 0. The lowest BCUT2D eigenvalue weighted by atomic mass is 10.0. The predicted octanol–water partition coefficient (Wildman–Crippen LogP) is 3.65. The quantitative estimate of drug-likeness (QED) is 0.692. The number of amides is 2. The maximum absolute atomic E-state index is 12.5. The molecule has 150 valence electrons. The van der Waals surface area contributed by atoms with Crippen molar-refractivity contribution in [1.82, 2.24) is 10.6 Å². The minimum absolute atomic E-state index is 0.0602. The van der Waals surface area contributed by atoms with Crippen LogP contribution in [0.1, 0.15) is 31.9 Å². The van der Waals surface area contributed by atoms with Crippen LogP contribution in [0.15, 0.2) is 54.6 Å². The van der Waals surface area contributed by atoms with Gasteiger partial charge in [-0.25, -0.2) is 4.79 Å². The van der Waals surface area contributed by atoms with Gasteiger partial charge in [-0.2, -0.15) is 0 Å². The number of nitrogens with one attached hydrogen (secondary N) is 2. The molecule has 0 heterocycles. The summed E-state index contributed by atoms with van der Waals surface area (Å²) in [4.78, 5) is 24.1. The summed E-state index contributed by atoms with van der Waals surface area (Å²) in [7, 11) is 0. The minimum atomic E-state index is -0.649. The number of carbonyl (C=O) groups excluding carboxylic acids is 2. The average molecular weight is 384 g/mol. The van der Waals surface area contributed by atoms with Crippen molar-refractivity contribution in [1.29, 1.82) is 0 Å². The molecule has 1 atom stereocenters. The first kappa shape index (κ1) is 21.3. The highest BCUT2D eigenvalue weighted by atomic mass is 16.5. The van der Waals surface area contributed by atoms with Crippen molar-refractivity contribution in [3.05, 3.63) is 65.7 Å². The molecule has 1 unspecified atom stereocenters. The molecule has 0 aliphatic heterocycles. The number of rotatable bonds is 9. The zero-order valence-electron chi connectivity index (χ0n) is 16.6. The fourth-order valence-electron chi connectivity index (χ4n) is 2.65. The zero-order valence-corrected chi connectivity index (χ0v) is 16.6. The Kier molecular flexibility index (Phi) is 8.34. The Morgan fingerprint density at radius 2 is 1.71 bits per heavy atom. The van der Waals surface area contributed by atoms with Crippen molar-refractivity contribution in [3.8, 4) is 5.75 Å². The molecule has 0 bridgehead atoms. The van der Waals surface area contributed by atoms with Gasteiger partial charge in [0.05, 0.1) is 6.61 Å². The summed E-state index contributed by atoms with van der Waals surface area (Å²) in [6.45, 7) is 6.54. The molecule has 6 nitrogen and oxygen atoms in total. The van der Waals surface area contributed by atoms with Gasteiger partial charge in [0.2, 0.25) is 5.91 Å². The van der Waals surface area contributed by atoms with E-state index in [-0.39, 0.29) is 18.4 Å². The number of ether oxygens (including phenoxy) is 2. The van der Waals surface area contributed by atoms with E-state index in [1.54, 1.807) is 6.92 Å². The molecule has 0 fully saturated rings. The SMILES string of the molecule is CCOC(=O)NC(C(=O)NCc1cccc(COc2ccccc2)c1)C(C)C. The third-order valence-electron chi connectivity index (χ3n) is 4.10. The van der Waals surface area contributed by atoms with Gasteiger partial charge in [0.1, 0.15) is 18.4 Å². The van der Waals surface area contributed by atoms with Gasteiger partial charge in [-0.3, -0.25) is 4.79 Å². The fraction of sp³-hybridized carbons (Fsp3) is 0.364. The first-order valence-corrected chi connectivity index (χ1v) is 9.46. The second-order valence-electron chi connectivity index (χ2n) is 6.73. The Labute approximate surface area is 166 Å². The molecule has 0 spiro atoms. The molecule has 0 saturated heterocycles. The highest BCUT2D eigenvalue weighted by molar-refractivity contribution is 5.85. The first-order chi connectivity index (χ1) is 13.5. The number of hydrogen-bond acceptors (Lipinski definition) is 4. The van der Waals surface area contributed by atoms with E-state index in [4.69, 9.17) is 9.47 Å². The van der Waals surface area contributed by atoms with E-state index in [0.717, 1.165) is 16.9 Å². The van der Waals surface area contributed by atoms with Crippen LogP contribution in [-0.4, -0.2) is 24.6 Å². The van der Waals surface area contributed by atoms with Gasteiger partial charge in [-0.15, -0.1) is 0 Å². The van der Waals surface area contributed by atoms with E-state index >= 15 is 0 Å². The van der Waals surface area contributed by atoms with Crippen LogP contribution in [-0.2, 0) is 22.7 Å². The minimum Gasteiger partial charge on any atom is -0.489 e. The monoisotopic (exact) mass is 384 g/mol. The zero-order chi connectivity index (χ0) is 20.4. The van der Waals surface area contributed by atoms with E-state index in [9.17, 15) is 9.59 Å². The second kappa shape index (κ2) is 11.0. The highest BCUT2D eigenvalue weighted by Gasteiger charge is 2.24. The van der Waals surface area contributed by atoms with Crippen molar-refractivity contribution in [2.45, 2.75) is 40.0 Å². The highest BCUT2D eigenvalue weighted by Crippen LogP contribution is 2.13. The van der Waals surface area contributed by atoms with Crippen molar-refractivity contribution in [2.24, 2.45) is 5.92 Å². The molecule has 28 heavy (non-hydrogen) atoms. The van der Waals surface area contributed by atoms with Crippen molar-refractivity contribution in [3.63, 3.8) is 0 Å². The Hall–Kier alpha value is -3.02. The van der Waals surface area contributed by atoms with Gasteiger partial charge in [0.25, 0.3) is 0 Å². The molecule has 0 radical (unpaired) electrons. The van der Waals surface area contributed by atoms with E-state index in [1.807, 2.05) is 68.4 Å². The Morgan fingerprint density at radius 3 is 2.39 bits per heavy atom. The van der Waals surface area contributed by atoms with Gasteiger partial charge < -0.3 is 20.1 Å². The van der Waals surface area contributed by atoms with Crippen LogP contribution in [0.3, 0.4) is 0 Å². The first-order valence-electron chi connectivity index (χ1n) is 9.46. The lowest BCUT2D eigenvalue weighted by molar-refractivity contribution is -0.124. The summed E-state index contributed by atoms with van der Waals surface area (Å²) in [5.74, 6) is 0.509. The molecule has 0 aliphatic rings. The van der Waals surface area contributed by atoms with Crippen LogP contribution in [0.4, 0.5) is 4.79 Å². The van der Waals surface area contributed by atoms with Gasteiger partial charge >= 0.3 is 6.09 Å². The molecule has 2 N–H and O–H groups in total. The molecule has 2 aromatic carbocycles. The smallest absolute Gasteiger partial charge is 0.407 e. The summed E-state index contributed by atoms with van der Waals surface area (Å²) in [6.07, 6.45) is -0.587. The van der Waals surface area contributed by atoms with E-state index < -0.39 is 12.1 Å². The third-order valence-corrected chi connectivity index (χ3v) is 4.10. The van der Waals surface area contributed by atoms with Crippen molar-refractivity contribution in [2.75, 3.05) is 6.61 Å². The van der Waals surface area contributed by atoms with Crippen molar-refractivity contribution >= 4 is 12.0 Å². The lowest BCUT2D eigenvalue weighted by Crippen LogP contribution is -2.49. The lowest BCUT2D eigenvalue weighted by Gasteiger charge is -2.21. The molecular formula is C22H28N2O4. The topological polar surface area (TPSA) is 76.7 Å². The maximum Gasteiger partial charge on any atom is 0.407 e. The molecule has 2 amide bonds. The molecular weight excluding hydrogens is 356 g/mol. The Bertz CT molecular complexity index is 762.